The normalized spacial score (nSPS) is 29.7. The number of amides is 1. The molecule has 8 nitrogen and oxygen atoms in total. The molecule has 32 heavy (non-hydrogen) atoms. The first-order chi connectivity index (χ1) is 15.2. The molecule has 1 aromatic rings. The number of β-amino-alcohol motifs (C(OH)–C–C–N with tert-alkyl or cyclic N) is 1. The van der Waals surface area contributed by atoms with E-state index in [1.807, 2.05) is 6.92 Å². The van der Waals surface area contributed by atoms with Crippen LogP contribution in [0.2, 0.25) is 5.02 Å². The van der Waals surface area contributed by atoms with E-state index in [1.54, 1.807) is 21.3 Å². The molecule has 0 aliphatic carbocycles. The number of piperidine rings is 2. The fourth-order valence-electron chi connectivity index (χ4n) is 5.29. The minimum absolute atomic E-state index is 0.0803. The van der Waals surface area contributed by atoms with Gasteiger partial charge in [-0.05, 0) is 56.9 Å². The Bertz CT molecular complexity index is 920. The average molecular weight is 486 g/mol. The molecule has 4 rings (SSSR count). The molecule has 2 bridgehead atoms. The van der Waals surface area contributed by atoms with E-state index in [0.717, 1.165) is 12.8 Å². The van der Waals surface area contributed by atoms with Crippen LogP contribution in [-0.2, 0) is 14.8 Å². The Balaban J connectivity index is 1.52. The molecule has 3 atom stereocenters. The number of nitrogens with zero attached hydrogens (tertiary/aromatic N) is 3. The third-order valence-corrected chi connectivity index (χ3v) is 9.34. The average Bonchev–Trinajstić information content (AvgIpc) is 2.77. The van der Waals surface area contributed by atoms with Crippen molar-refractivity contribution in [3.63, 3.8) is 0 Å². The number of rotatable bonds is 5. The number of benzene rings is 1. The Hall–Kier alpha value is -1.39. The van der Waals surface area contributed by atoms with E-state index in [1.165, 1.54) is 12.1 Å². The number of sulfonamides is 1. The van der Waals surface area contributed by atoms with Crippen molar-refractivity contribution in [2.75, 3.05) is 39.3 Å². The number of aliphatic hydroxyl groups excluding tert-OH is 1. The van der Waals surface area contributed by atoms with Crippen LogP contribution in [-0.4, -0.2) is 90.7 Å². The summed E-state index contributed by atoms with van der Waals surface area (Å²) in [7, 11) is -3.74. The molecular weight excluding hydrogens is 454 g/mol. The Morgan fingerprint density at radius 1 is 1.16 bits per heavy atom. The molecule has 3 saturated heterocycles. The lowest BCUT2D eigenvalue weighted by atomic mass is 9.77. The summed E-state index contributed by atoms with van der Waals surface area (Å²) in [5.74, 6) is 0. The summed E-state index contributed by atoms with van der Waals surface area (Å²) >= 11 is 5.96. The van der Waals surface area contributed by atoms with Gasteiger partial charge in [-0.15, -0.1) is 0 Å². The zero-order chi connectivity index (χ0) is 22.9. The molecule has 0 aromatic heterocycles. The van der Waals surface area contributed by atoms with Crippen LogP contribution in [0.5, 0.6) is 0 Å². The lowest BCUT2D eigenvalue weighted by molar-refractivity contribution is -0.0927. The summed E-state index contributed by atoms with van der Waals surface area (Å²) in [5, 5.41) is 9.59. The lowest BCUT2D eigenvalue weighted by Crippen LogP contribution is -2.64. The number of piperazine rings is 1. The molecule has 1 aromatic carbocycles. The molecule has 10 heteroatoms. The summed E-state index contributed by atoms with van der Waals surface area (Å²) in [6.45, 7) is 5.03. The highest BCUT2D eigenvalue weighted by molar-refractivity contribution is 7.89. The summed E-state index contributed by atoms with van der Waals surface area (Å²) in [5.41, 5.74) is -0.879. The minimum Gasteiger partial charge on any atom is -0.441 e. The van der Waals surface area contributed by atoms with Gasteiger partial charge in [-0.25, -0.2) is 13.2 Å². The van der Waals surface area contributed by atoms with Crippen LogP contribution in [0.15, 0.2) is 29.2 Å². The molecular formula is C22H32ClN3O5S. The number of ether oxygens (including phenoxy) is 1. The smallest absolute Gasteiger partial charge is 0.410 e. The Labute approximate surface area is 195 Å². The Morgan fingerprint density at radius 2 is 1.84 bits per heavy atom. The van der Waals surface area contributed by atoms with E-state index in [2.05, 4.69) is 4.90 Å². The van der Waals surface area contributed by atoms with Gasteiger partial charge in [0.2, 0.25) is 10.0 Å². The maximum atomic E-state index is 13.6. The second-order valence-corrected chi connectivity index (χ2v) is 11.4. The first-order valence-electron chi connectivity index (χ1n) is 11.3. The predicted octanol–water partition coefficient (Wildman–Crippen LogP) is 2.55. The SMILES string of the molecule is C[C@@]1(OC(=O)N2CCN(CCO)CC2)CCC2CCCC1N2S(=O)(=O)c1ccc(Cl)cc1. The van der Waals surface area contributed by atoms with Crippen LogP contribution in [0.25, 0.3) is 0 Å². The van der Waals surface area contributed by atoms with Gasteiger partial charge >= 0.3 is 6.09 Å². The van der Waals surface area contributed by atoms with E-state index in [9.17, 15) is 13.2 Å². The molecule has 3 aliphatic heterocycles. The third-order valence-electron chi connectivity index (χ3n) is 7.12. The number of fused-ring (bicyclic) bond motifs is 2. The van der Waals surface area contributed by atoms with Crippen molar-refractivity contribution >= 4 is 27.7 Å². The number of hydrogen-bond donors (Lipinski definition) is 1. The van der Waals surface area contributed by atoms with Crippen LogP contribution < -0.4 is 0 Å². The topological polar surface area (TPSA) is 90.4 Å². The molecule has 0 spiro atoms. The zero-order valence-corrected chi connectivity index (χ0v) is 20.0. The van der Waals surface area contributed by atoms with Gasteiger partial charge in [0.1, 0.15) is 5.60 Å². The van der Waals surface area contributed by atoms with Gasteiger partial charge in [0.05, 0.1) is 17.5 Å². The molecule has 1 N–H and O–H groups in total. The highest BCUT2D eigenvalue weighted by atomic mass is 35.5. The maximum absolute atomic E-state index is 13.6. The monoisotopic (exact) mass is 485 g/mol. The van der Waals surface area contributed by atoms with Crippen LogP contribution >= 0.6 is 11.6 Å². The number of aliphatic hydroxyl groups is 1. The van der Waals surface area contributed by atoms with Crippen molar-refractivity contribution in [3.8, 4) is 0 Å². The fraction of sp³-hybridized carbons (Fsp3) is 0.682. The third kappa shape index (κ3) is 4.63. The number of carbonyl (C=O) groups is 1. The van der Waals surface area contributed by atoms with Gasteiger partial charge < -0.3 is 14.7 Å². The van der Waals surface area contributed by atoms with Crippen molar-refractivity contribution in [1.82, 2.24) is 14.1 Å². The van der Waals surface area contributed by atoms with Gasteiger partial charge in [-0.3, -0.25) is 4.90 Å². The van der Waals surface area contributed by atoms with Crippen molar-refractivity contribution in [2.24, 2.45) is 0 Å². The highest BCUT2D eigenvalue weighted by Crippen LogP contribution is 2.44. The second kappa shape index (κ2) is 9.46. The molecule has 3 heterocycles. The first-order valence-corrected chi connectivity index (χ1v) is 13.2. The van der Waals surface area contributed by atoms with E-state index < -0.39 is 21.7 Å². The summed E-state index contributed by atoms with van der Waals surface area (Å²) in [6.07, 6.45) is 3.32. The molecule has 3 aliphatic rings. The predicted molar refractivity (Wildman–Crippen MR) is 121 cm³/mol. The van der Waals surface area contributed by atoms with Gasteiger partial charge in [-0.2, -0.15) is 4.31 Å². The minimum atomic E-state index is -3.74. The van der Waals surface area contributed by atoms with Crippen molar-refractivity contribution in [1.29, 1.82) is 0 Å². The summed E-state index contributed by atoms with van der Waals surface area (Å²) < 4.78 is 34.9. The molecule has 178 valence electrons. The van der Waals surface area contributed by atoms with Gasteiger partial charge in [0.15, 0.2) is 0 Å². The zero-order valence-electron chi connectivity index (χ0n) is 18.5. The van der Waals surface area contributed by atoms with Crippen LogP contribution in [0, 0.1) is 0 Å². The summed E-state index contributed by atoms with van der Waals surface area (Å²) in [4.78, 5) is 17.0. The van der Waals surface area contributed by atoms with Crippen molar-refractivity contribution in [3.05, 3.63) is 29.3 Å². The van der Waals surface area contributed by atoms with E-state index in [4.69, 9.17) is 21.4 Å². The standard InChI is InChI=1S/C22H32ClN3O5S/c1-22(31-21(28)25-13-11-24(12-14-25)15-16-27)10-9-18-3-2-4-20(22)26(18)32(29,30)19-7-5-17(23)6-8-19/h5-8,18,20,27H,2-4,9-16H2,1H3/t18?,20?,22-/m1/s1. The van der Waals surface area contributed by atoms with E-state index >= 15 is 0 Å². The highest BCUT2D eigenvalue weighted by Gasteiger charge is 2.54. The van der Waals surface area contributed by atoms with Gasteiger partial charge in [0.25, 0.3) is 0 Å². The quantitative estimate of drug-likeness (QED) is 0.689. The number of halogens is 1. The van der Waals surface area contributed by atoms with Crippen LogP contribution in [0.4, 0.5) is 4.79 Å². The Morgan fingerprint density at radius 3 is 2.50 bits per heavy atom. The number of hydrogen-bond acceptors (Lipinski definition) is 6. The first kappa shape index (κ1) is 23.8. The van der Waals surface area contributed by atoms with Crippen molar-refractivity contribution in [2.45, 2.75) is 61.6 Å². The van der Waals surface area contributed by atoms with Gasteiger partial charge in [-0.1, -0.05) is 18.0 Å². The summed E-state index contributed by atoms with van der Waals surface area (Å²) in [6, 6.07) is 5.78. The van der Waals surface area contributed by atoms with Crippen LogP contribution in [0.3, 0.4) is 0 Å². The largest absolute Gasteiger partial charge is 0.441 e. The molecule has 0 saturated carbocycles. The van der Waals surface area contributed by atoms with E-state index in [-0.39, 0.29) is 23.6 Å². The molecule has 1 amide bonds. The van der Waals surface area contributed by atoms with Crippen LogP contribution in [0.1, 0.15) is 39.0 Å². The number of carbonyl (C=O) groups excluding carboxylic acids is 1. The second-order valence-electron chi connectivity index (χ2n) is 9.16. The van der Waals surface area contributed by atoms with Crippen molar-refractivity contribution < 1.29 is 23.1 Å². The molecule has 3 fully saturated rings. The fourth-order valence-corrected chi connectivity index (χ4v) is 7.41. The van der Waals surface area contributed by atoms with Gasteiger partial charge in [0, 0.05) is 43.8 Å². The Kier molecular flexibility index (Phi) is 7.03. The molecule has 0 radical (unpaired) electrons. The maximum Gasteiger partial charge on any atom is 0.410 e. The van der Waals surface area contributed by atoms with E-state index in [0.29, 0.717) is 57.0 Å². The lowest BCUT2D eigenvalue weighted by Gasteiger charge is -2.53. The molecule has 2 unspecified atom stereocenters.